The summed E-state index contributed by atoms with van der Waals surface area (Å²) in [5.74, 6) is -7.26. The maximum atomic E-state index is 13.4. The first-order valence-corrected chi connectivity index (χ1v) is 6.91. The first kappa shape index (κ1) is 19.0. The van der Waals surface area contributed by atoms with Crippen LogP contribution in [0.5, 0.6) is 11.5 Å². The third-order valence-electron chi connectivity index (χ3n) is 2.95. The Morgan fingerprint density at radius 1 is 1.23 bits per heavy atom. The number of pyridine rings is 1. The lowest BCUT2D eigenvalue weighted by Gasteiger charge is -2.10. The molecule has 0 aliphatic rings. The monoisotopic (exact) mass is 372 g/mol. The Labute approximate surface area is 144 Å². The SMILES string of the molecule is COc1cc(/C=N\Nc2c(F)c(F)nc(F)c2F)ccc1OCC(N)=O. The molecule has 0 spiro atoms. The predicted molar refractivity (Wildman–Crippen MR) is 83.0 cm³/mol. The number of carbonyl (C=O) groups is 1. The summed E-state index contributed by atoms with van der Waals surface area (Å²) in [6.45, 7) is -0.358. The Balaban J connectivity index is 2.18. The van der Waals surface area contributed by atoms with Crippen LogP contribution in [-0.4, -0.2) is 30.8 Å². The van der Waals surface area contributed by atoms with Crippen LogP contribution in [0.25, 0.3) is 0 Å². The van der Waals surface area contributed by atoms with Gasteiger partial charge in [-0.1, -0.05) is 0 Å². The van der Waals surface area contributed by atoms with Gasteiger partial charge in [0.15, 0.2) is 18.1 Å². The van der Waals surface area contributed by atoms with E-state index in [2.05, 4.69) is 10.1 Å². The van der Waals surface area contributed by atoms with Gasteiger partial charge in [0.1, 0.15) is 5.69 Å². The molecule has 2 aromatic rings. The first-order valence-electron chi connectivity index (χ1n) is 6.91. The van der Waals surface area contributed by atoms with Gasteiger partial charge >= 0.3 is 0 Å². The molecule has 138 valence electrons. The zero-order chi connectivity index (χ0) is 19.3. The molecular weight excluding hydrogens is 360 g/mol. The molecular formula is C15H12F4N4O3. The summed E-state index contributed by atoms with van der Waals surface area (Å²) in [5.41, 5.74) is 6.11. The summed E-state index contributed by atoms with van der Waals surface area (Å²) in [6.07, 6.45) is 1.11. The van der Waals surface area contributed by atoms with Crippen LogP contribution in [0.1, 0.15) is 5.56 Å². The molecule has 0 bridgehead atoms. The average molecular weight is 372 g/mol. The Morgan fingerprint density at radius 2 is 1.88 bits per heavy atom. The van der Waals surface area contributed by atoms with E-state index in [4.69, 9.17) is 15.2 Å². The second-order valence-corrected chi connectivity index (χ2v) is 4.73. The molecule has 7 nitrogen and oxygen atoms in total. The van der Waals surface area contributed by atoms with Crippen molar-refractivity contribution in [3.63, 3.8) is 0 Å². The minimum Gasteiger partial charge on any atom is -0.493 e. The molecule has 11 heteroatoms. The number of nitrogens with two attached hydrogens (primary N) is 1. The van der Waals surface area contributed by atoms with Crippen LogP contribution in [-0.2, 0) is 4.79 Å². The molecule has 3 N–H and O–H groups in total. The normalized spacial score (nSPS) is 10.8. The van der Waals surface area contributed by atoms with Crippen molar-refractivity contribution in [1.29, 1.82) is 0 Å². The summed E-state index contributed by atoms with van der Waals surface area (Å²) in [6, 6.07) is 4.35. The number of hydrogen-bond acceptors (Lipinski definition) is 6. The van der Waals surface area contributed by atoms with Crippen LogP contribution in [0.2, 0.25) is 0 Å². The van der Waals surface area contributed by atoms with Crippen LogP contribution in [0.4, 0.5) is 23.2 Å². The molecule has 1 aromatic carbocycles. The number of rotatable bonds is 7. The number of nitrogens with zero attached hydrogens (tertiary/aromatic N) is 2. The summed E-state index contributed by atoms with van der Waals surface area (Å²) >= 11 is 0. The van der Waals surface area contributed by atoms with Crippen LogP contribution in [0.15, 0.2) is 23.3 Å². The van der Waals surface area contributed by atoms with E-state index in [0.717, 1.165) is 6.21 Å². The van der Waals surface area contributed by atoms with Crippen molar-refractivity contribution in [3.8, 4) is 11.5 Å². The maximum Gasteiger partial charge on any atom is 0.255 e. The number of amides is 1. The number of hydrogen-bond donors (Lipinski definition) is 2. The Hall–Kier alpha value is -3.37. The van der Waals surface area contributed by atoms with E-state index in [1.165, 1.54) is 25.3 Å². The van der Waals surface area contributed by atoms with E-state index in [1.54, 1.807) is 0 Å². The molecule has 0 aliphatic heterocycles. The molecule has 26 heavy (non-hydrogen) atoms. The summed E-state index contributed by atoms with van der Waals surface area (Å²) in [5, 5.41) is 3.51. The molecule has 0 saturated heterocycles. The largest absolute Gasteiger partial charge is 0.493 e. The van der Waals surface area contributed by atoms with Gasteiger partial charge in [-0.15, -0.1) is 0 Å². The molecule has 2 rings (SSSR count). The fourth-order valence-corrected chi connectivity index (χ4v) is 1.79. The van der Waals surface area contributed by atoms with Crippen LogP contribution < -0.4 is 20.6 Å². The van der Waals surface area contributed by atoms with Gasteiger partial charge in [-0.3, -0.25) is 10.2 Å². The molecule has 0 radical (unpaired) electrons. The van der Waals surface area contributed by atoms with Gasteiger partial charge < -0.3 is 15.2 Å². The molecule has 1 heterocycles. The maximum absolute atomic E-state index is 13.4. The number of nitrogens with one attached hydrogen (secondary N) is 1. The van der Waals surface area contributed by atoms with Crippen molar-refractivity contribution in [2.75, 3.05) is 19.1 Å². The van der Waals surface area contributed by atoms with E-state index < -0.39 is 35.1 Å². The highest BCUT2D eigenvalue weighted by Gasteiger charge is 2.20. The molecule has 1 amide bonds. The number of benzene rings is 1. The number of aromatic nitrogens is 1. The average Bonchev–Trinajstić information content (AvgIpc) is 2.61. The zero-order valence-electron chi connectivity index (χ0n) is 13.2. The van der Waals surface area contributed by atoms with Crippen molar-refractivity contribution in [2.45, 2.75) is 0 Å². The highest BCUT2D eigenvalue weighted by molar-refractivity contribution is 5.81. The Kier molecular flexibility index (Phi) is 5.94. The van der Waals surface area contributed by atoms with Gasteiger partial charge in [0, 0.05) is 0 Å². The lowest BCUT2D eigenvalue weighted by atomic mass is 10.2. The van der Waals surface area contributed by atoms with Crippen molar-refractivity contribution < 1.29 is 31.8 Å². The molecule has 0 fully saturated rings. The van der Waals surface area contributed by atoms with Gasteiger partial charge in [0.25, 0.3) is 17.8 Å². The minimum absolute atomic E-state index is 0.228. The van der Waals surface area contributed by atoms with Gasteiger partial charge in [0.2, 0.25) is 11.6 Å². The highest BCUT2D eigenvalue weighted by atomic mass is 19.2. The summed E-state index contributed by atoms with van der Waals surface area (Å²) < 4.78 is 63.1. The third kappa shape index (κ3) is 4.37. The molecule has 0 aliphatic carbocycles. The van der Waals surface area contributed by atoms with Crippen LogP contribution >= 0.6 is 0 Å². The second-order valence-electron chi connectivity index (χ2n) is 4.73. The van der Waals surface area contributed by atoms with Crippen molar-refractivity contribution in [3.05, 3.63) is 47.3 Å². The zero-order valence-corrected chi connectivity index (χ0v) is 13.2. The number of ether oxygens (including phenoxy) is 2. The molecule has 1 aromatic heterocycles. The Bertz CT molecular complexity index is 835. The molecule has 0 saturated carbocycles. The van der Waals surface area contributed by atoms with E-state index in [9.17, 15) is 22.4 Å². The summed E-state index contributed by atoms with van der Waals surface area (Å²) in [4.78, 5) is 13.1. The number of anilines is 1. The van der Waals surface area contributed by atoms with Crippen LogP contribution in [0, 0.1) is 23.5 Å². The van der Waals surface area contributed by atoms with E-state index in [1.807, 2.05) is 5.43 Å². The van der Waals surface area contributed by atoms with E-state index >= 15 is 0 Å². The van der Waals surface area contributed by atoms with Gasteiger partial charge in [-0.2, -0.15) is 27.6 Å². The predicted octanol–water partition coefficient (Wildman–Crippen LogP) is 1.96. The number of methoxy groups -OCH3 is 1. The number of primary amides is 1. The first-order chi connectivity index (χ1) is 12.3. The summed E-state index contributed by atoms with van der Waals surface area (Å²) in [7, 11) is 1.35. The Morgan fingerprint density at radius 3 is 2.46 bits per heavy atom. The van der Waals surface area contributed by atoms with Crippen LogP contribution in [0.3, 0.4) is 0 Å². The number of carbonyl (C=O) groups excluding carboxylic acids is 1. The fraction of sp³-hybridized carbons (Fsp3) is 0.133. The molecule has 0 atom stereocenters. The second kappa shape index (κ2) is 8.14. The van der Waals surface area contributed by atoms with Gasteiger partial charge in [-0.05, 0) is 23.8 Å². The lowest BCUT2D eigenvalue weighted by Crippen LogP contribution is -2.20. The van der Waals surface area contributed by atoms with Crippen molar-refractivity contribution in [1.82, 2.24) is 4.98 Å². The van der Waals surface area contributed by atoms with Crippen molar-refractivity contribution in [2.24, 2.45) is 10.8 Å². The third-order valence-corrected chi connectivity index (χ3v) is 2.95. The number of halogens is 4. The van der Waals surface area contributed by atoms with Gasteiger partial charge in [-0.25, -0.2) is 0 Å². The lowest BCUT2D eigenvalue weighted by molar-refractivity contribution is -0.119. The van der Waals surface area contributed by atoms with Gasteiger partial charge in [0.05, 0.1) is 13.3 Å². The van der Waals surface area contributed by atoms with E-state index in [-0.39, 0.29) is 18.1 Å². The quantitative estimate of drug-likeness (QED) is 0.335. The fourth-order valence-electron chi connectivity index (χ4n) is 1.79. The van der Waals surface area contributed by atoms with Crippen molar-refractivity contribution >= 4 is 17.8 Å². The number of hydrazone groups is 1. The topological polar surface area (TPSA) is 98.8 Å². The molecule has 0 unspecified atom stereocenters. The van der Waals surface area contributed by atoms with E-state index in [0.29, 0.717) is 5.56 Å². The minimum atomic E-state index is -1.81. The highest BCUT2D eigenvalue weighted by Crippen LogP contribution is 2.27. The smallest absolute Gasteiger partial charge is 0.255 e. The standard InChI is InChI=1S/C15H12F4N4O3/c1-25-9-4-7(2-3-8(9)26-6-10(20)24)5-21-23-13-11(16)14(18)22-15(19)12(13)17/h2-5H,6H2,1H3,(H2,20,24)(H,22,23)/b21-5-.